The topological polar surface area (TPSA) is 50.9 Å². The lowest BCUT2D eigenvalue weighted by Gasteiger charge is -2.42. The Morgan fingerprint density at radius 2 is 2.22 bits per heavy atom. The first-order valence-corrected chi connectivity index (χ1v) is 6.89. The highest BCUT2D eigenvalue weighted by molar-refractivity contribution is 5.19. The van der Waals surface area contributed by atoms with Crippen LogP contribution >= 0.6 is 0 Å². The molecule has 3 nitrogen and oxygen atoms in total. The van der Waals surface area contributed by atoms with Crippen LogP contribution in [0.3, 0.4) is 0 Å². The molecule has 0 saturated heterocycles. The van der Waals surface area contributed by atoms with Gasteiger partial charge in [0.2, 0.25) is 0 Å². The van der Waals surface area contributed by atoms with Crippen molar-refractivity contribution < 1.29 is 0 Å². The third kappa shape index (κ3) is 2.90. The predicted octanol–water partition coefficient (Wildman–Crippen LogP) is 2.08. The number of nitrogens with two attached hydrogens (primary N) is 1. The first-order chi connectivity index (χ1) is 8.58. The highest BCUT2D eigenvalue weighted by Crippen LogP contribution is 2.39. The molecule has 2 rings (SSSR count). The lowest BCUT2D eigenvalue weighted by molar-refractivity contribution is 0.138. The SMILES string of the molecule is CC(C)(CNCC1(CN)CCC1)c1cccnc1. The molecular weight excluding hydrogens is 222 g/mol. The second-order valence-electron chi connectivity index (χ2n) is 6.29. The van der Waals surface area contributed by atoms with E-state index < -0.39 is 0 Å². The Bertz CT molecular complexity index is 363. The standard InChI is InChI=1S/C15H25N3/c1-14(2,13-5-3-8-17-9-13)11-18-12-15(10-16)6-4-7-15/h3,5,8-9,18H,4,6-7,10-12,16H2,1-2H3. The van der Waals surface area contributed by atoms with Crippen LogP contribution in [0.5, 0.6) is 0 Å². The fraction of sp³-hybridized carbons (Fsp3) is 0.667. The van der Waals surface area contributed by atoms with Crippen LogP contribution in [0.2, 0.25) is 0 Å². The number of pyridine rings is 1. The van der Waals surface area contributed by atoms with E-state index in [4.69, 9.17) is 5.73 Å². The highest BCUT2D eigenvalue weighted by atomic mass is 14.9. The Balaban J connectivity index is 1.86. The molecule has 3 heteroatoms. The molecule has 0 amide bonds. The summed E-state index contributed by atoms with van der Waals surface area (Å²) >= 11 is 0. The molecule has 1 aliphatic carbocycles. The maximum Gasteiger partial charge on any atom is 0.0305 e. The van der Waals surface area contributed by atoms with E-state index in [0.29, 0.717) is 5.41 Å². The summed E-state index contributed by atoms with van der Waals surface area (Å²) in [7, 11) is 0. The summed E-state index contributed by atoms with van der Waals surface area (Å²) in [4.78, 5) is 4.20. The highest BCUT2D eigenvalue weighted by Gasteiger charge is 2.35. The van der Waals surface area contributed by atoms with Crippen molar-refractivity contribution in [2.45, 2.75) is 38.5 Å². The van der Waals surface area contributed by atoms with Crippen molar-refractivity contribution in [1.29, 1.82) is 0 Å². The summed E-state index contributed by atoms with van der Waals surface area (Å²) < 4.78 is 0. The van der Waals surface area contributed by atoms with Gasteiger partial charge in [0.1, 0.15) is 0 Å². The number of rotatable bonds is 6. The van der Waals surface area contributed by atoms with Crippen LogP contribution in [0.1, 0.15) is 38.7 Å². The molecule has 1 saturated carbocycles. The summed E-state index contributed by atoms with van der Waals surface area (Å²) in [6.07, 6.45) is 7.69. The minimum absolute atomic E-state index is 0.119. The van der Waals surface area contributed by atoms with Gasteiger partial charge in [0.05, 0.1) is 0 Å². The summed E-state index contributed by atoms with van der Waals surface area (Å²) in [6.45, 7) is 7.35. The molecule has 0 unspecified atom stereocenters. The molecule has 0 bridgehead atoms. The maximum atomic E-state index is 5.88. The Hall–Kier alpha value is -0.930. The summed E-state index contributed by atoms with van der Waals surface area (Å²) in [5.74, 6) is 0. The van der Waals surface area contributed by atoms with Gasteiger partial charge in [0, 0.05) is 30.9 Å². The van der Waals surface area contributed by atoms with E-state index in [2.05, 4.69) is 30.2 Å². The van der Waals surface area contributed by atoms with E-state index in [9.17, 15) is 0 Å². The Labute approximate surface area is 110 Å². The quantitative estimate of drug-likeness (QED) is 0.809. The summed E-state index contributed by atoms with van der Waals surface area (Å²) in [6, 6.07) is 4.15. The fourth-order valence-corrected chi connectivity index (χ4v) is 2.64. The summed E-state index contributed by atoms with van der Waals surface area (Å²) in [5.41, 5.74) is 7.66. The molecule has 1 heterocycles. The third-order valence-electron chi connectivity index (χ3n) is 4.36. The van der Waals surface area contributed by atoms with Crippen LogP contribution in [0.25, 0.3) is 0 Å². The number of hydrogen-bond donors (Lipinski definition) is 2. The molecule has 0 aliphatic heterocycles. The van der Waals surface area contributed by atoms with Gasteiger partial charge in [-0.3, -0.25) is 4.98 Å². The number of hydrogen-bond acceptors (Lipinski definition) is 3. The molecule has 1 aromatic rings. The number of nitrogens with one attached hydrogen (secondary N) is 1. The van der Waals surface area contributed by atoms with Crippen LogP contribution in [-0.2, 0) is 5.41 Å². The molecular formula is C15H25N3. The molecule has 0 atom stereocenters. The minimum atomic E-state index is 0.119. The van der Waals surface area contributed by atoms with Gasteiger partial charge in [-0.05, 0) is 36.4 Å². The van der Waals surface area contributed by atoms with E-state index in [1.165, 1.54) is 24.8 Å². The molecule has 0 spiro atoms. The van der Waals surface area contributed by atoms with Crippen molar-refractivity contribution in [3.8, 4) is 0 Å². The number of aromatic nitrogens is 1. The average Bonchev–Trinajstić information content (AvgIpc) is 2.34. The molecule has 0 radical (unpaired) electrons. The first kappa shape index (κ1) is 13.5. The van der Waals surface area contributed by atoms with Crippen molar-refractivity contribution in [3.05, 3.63) is 30.1 Å². The van der Waals surface area contributed by atoms with Crippen LogP contribution in [0.15, 0.2) is 24.5 Å². The molecule has 3 N–H and O–H groups in total. The molecule has 1 fully saturated rings. The van der Waals surface area contributed by atoms with Crippen molar-refractivity contribution in [3.63, 3.8) is 0 Å². The van der Waals surface area contributed by atoms with Crippen molar-refractivity contribution in [2.24, 2.45) is 11.1 Å². The minimum Gasteiger partial charge on any atom is -0.330 e. The maximum absolute atomic E-state index is 5.88. The second kappa shape index (κ2) is 5.37. The fourth-order valence-electron chi connectivity index (χ4n) is 2.64. The second-order valence-corrected chi connectivity index (χ2v) is 6.29. The Morgan fingerprint density at radius 1 is 1.44 bits per heavy atom. The zero-order valence-electron chi connectivity index (χ0n) is 11.6. The predicted molar refractivity (Wildman–Crippen MR) is 75.5 cm³/mol. The van der Waals surface area contributed by atoms with Crippen LogP contribution in [-0.4, -0.2) is 24.6 Å². The van der Waals surface area contributed by atoms with Crippen molar-refractivity contribution in [2.75, 3.05) is 19.6 Å². The smallest absolute Gasteiger partial charge is 0.0305 e. The molecule has 100 valence electrons. The van der Waals surface area contributed by atoms with Crippen LogP contribution < -0.4 is 11.1 Å². The first-order valence-electron chi connectivity index (χ1n) is 6.89. The lowest BCUT2D eigenvalue weighted by Crippen LogP contribution is -2.47. The van der Waals surface area contributed by atoms with E-state index in [1.807, 2.05) is 18.5 Å². The van der Waals surface area contributed by atoms with Gasteiger partial charge in [-0.25, -0.2) is 0 Å². The van der Waals surface area contributed by atoms with Gasteiger partial charge in [0.15, 0.2) is 0 Å². The molecule has 18 heavy (non-hydrogen) atoms. The lowest BCUT2D eigenvalue weighted by atomic mass is 9.68. The average molecular weight is 247 g/mol. The Kier molecular flexibility index (Phi) is 4.03. The molecule has 1 aromatic heterocycles. The van der Waals surface area contributed by atoms with Gasteiger partial charge in [-0.2, -0.15) is 0 Å². The number of nitrogens with zero attached hydrogens (tertiary/aromatic N) is 1. The normalized spacial score (nSPS) is 18.4. The van der Waals surface area contributed by atoms with E-state index in [1.54, 1.807) is 0 Å². The van der Waals surface area contributed by atoms with Crippen LogP contribution in [0, 0.1) is 5.41 Å². The van der Waals surface area contributed by atoms with Gasteiger partial charge in [0.25, 0.3) is 0 Å². The van der Waals surface area contributed by atoms with Gasteiger partial charge >= 0.3 is 0 Å². The Morgan fingerprint density at radius 3 is 2.72 bits per heavy atom. The van der Waals surface area contributed by atoms with Gasteiger partial charge < -0.3 is 11.1 Å². The zero-order chi connectivity index (χ0) is 13.1. The zero-order valence-corrected chi connectivity index (χ0v) is 11.6. The van der Waals surface area contributed by atoms with Gasteiger partial charge in [-0.15, -0.1) is 0 Å². The van der Waals surface area contributed by atoms with Gasteiger partial charge in [-0.1, -0.05) is 26.3 Å². The van der Waals surface area contributed by atoms with E-state index in [0.717, 1.165) is 19.6 Å². The van der Waals surface area contributed by atoms with E-state index >= 15 is 0 Å². The van der Waals surface area contributed by atoms with Crippen LogP contribution in [0.4, 0.5) is 0 Å². The monoisotopic (exact) mass is 247 g/mol. The molecule has 0 aromatic carbocycles. The molecule has 1 aliphatic rings. The largest absolute Gasteiger partial charge is 0.330 e. The van der Waals surface area contributed by atoms with Crippen molar-refractivity contribution >= 4 is 0 Å². The summed E-state index contributed by atoms with van der Waals surface area (Å²) in [5, 5.41) is 3.61. The van der Waals surface area contributed by atoms with Crippen molar-refractivity contribution in [1.82, 2.24) is 10.3 Å². The van der Waals surface area contributed by atoms with E-state index in [-0.39, 0.29) is 5.41 Å². The third-order valence-corrected chi connectivity index (χ3v) is 4.36.